The van der Waals surface area contributed by atoms with E-state index in [0.29, 0.717) is 12.8 Å². The highest BCUT2D eigenvalue weighted by Crippen LogP contribution is 2.20. The first-order valence-electron chi connectivity index (χ1n) is 10.0. The summed E-state index contributed by atoms with van der Waals surface area (Å²) < 4.78 is 4.54. The second kappa shape index (κ2) is 14.1. The van der Waals surface area contributed by atoms with Gasteiger partial charge in [0.1, 0.15) is 0 Å². The van der Waals surface area contributed by atoms with Crippen molar-refractivity contribution in [3.8, 4) is 0 Å². The average Bonchev–Trinajstić information content (AvgIpc) is 2.71. The van der Waals surface area contributed by atoms with Crippen LogP contribution in [0.4, 0.5) is 0 Å². The van der Waals surface area contributed by atoms with Gasteiger partial charge in [0, 0.05) is 6.42 Å². The van der Waals surface area contributed by atoms with Crippen LogP contribution in [0.3, 0.4) is 0 Å². The van der Waals surface area contributed by atoms with Crippen LogP contribution in [0.5, 0.6) is 0 Å². The summed E-state index contributed by atoms with van der Waals surface area (Å²) in [5, 5.41) is 30.0. The minimum Gasteiger partial charge on any atom is -0.469 e. The summed E-state index contributed by atoms with van der Waals surface area (Å²) in [4.78, 5) is 11.0. The SMILES string of the molecule is CCCCCC(O)c1ccc(/C=C\C=C\C(O)C(O)CCCC(=O)OC)cc1. The molecule has 0 aliphatic heterocycles. The van der Waals surface area contributed by atoms with Gasteiger partial charge in [0.15, 0.2) is 0 Å². The van der Waals surface area contributed by atoms with Crippen LogP contribution >= 0.6 is 0 Å². The van der Waals surface area contributed by atoms with Crippen LogP contribution in [0.15, 0.2) is 42.5 Å². The predicted octanol–water partition coefficient (Wildman–Crippen LogP) is 3.93. The number of rotatable bonds is 13. The van der Waals surface area contributed by atoms with Gasteiger partial charge < -0.3 is 20.1 Å². The van der Waals surface area contributed by atoms with Gasteiger partial charge in [-0.2, -0.15) is 0 Å². The Labute approximate surface area is 168 Å². The number of benzene rings is 1. The van der Waals surface area contributed by atoms with Gasteiger partial charge in [-0.05, 0) is 30.4 Å². The second-order valence-corrected chi connectivity index (χ2v) is 6.95. The fourth-order valence-corrected chi connectivity index (χ4v) is 2.78. The summed E-state index contributed by atoms with van der Waals surface area (Å²) in [5.74, 6) is -0.320. The van der Waals surface area contributed by atoms with Crippen molar-refractivity contribution in [2.24, 2.45) is 0 Å². The topological polar surface area (TPSA) is 87.0 Å². The van der Waals surface area contributed by atoms with Gasteiger partial charge >= 0.3 is 5.97 Å². The van der Waals surface area contributed by atoms with Gasteiger partial charge in [0.2, 0.25) is 0 Å². The zero-order valence-corrected chi connectivity index (χ0v) is 17.0. The molecule has 0 amide bonds. The van der Waals surface area contributed by atoms with Gasteiger partial charge in [-0.3, -0.25) is 4.79 Å². The Hall–Kier alpha value is -1.95. The molecular weight excluding hydrogens is 356 g/mol. The fourth-order valence-electron chi connectivity index (χ4n) is 2.78. The van der Waals surface area contributed by atoms with Crippen molar-refractivity contribution >= 4 is 12.0 Å². The molecule has 5 nitrogen and oxygen atoms in total. The Morgan fingerprint density at radius 2 is 1.75 bits per heavy atom. The van der Waals surface area contributed by atoms with Gasteiger partial charge in [-0.1, -0.05) is 74.8 Å². The van der Waals surface area contributed by atoms with Gasteiger partial charge in [-0.25, -0.2) is 0 Å². The van der Waals surface area contributed by atoms with E-state index < -0.39 is 18.3 Å². The second-order valence-electron chi connectivity index (χ2n) is 6.95. The van der Waals surface area contributed by atoms with E-state index in [1.165, 1.54) is 13.2 Å². The molecule has 1 rings (SSSR count). The Bertz CT molecular complexity index is 606. The van der Waals surface area contributed by atoms with Crippen LogP contribution in [0.2, 0.25) is 0 Å². The first-order chi connectivity index (χ1) is 13.5. The van der Waals surface area contributed by atoms with Crippen molar-refractivity contribution in [1.29, 1.82) is 0 Å². The van der Waals surface area contributed by atoms with Gasteiger partial charge in [-0.15, -0.1) is 0 Å². The van der Waals surface area contributed by atoms with E-state index in [9.17, 15) is 20.1 Å². The van der Waals surface area contributed by atoms with Crippen LogP contribution in [-0.4, -0.2) is 40.6 Å². The molecule has 0 aliphatic rings. The van der Waals surface area contributed by atoms with Gasteiger partial charge in [0.05, 0.1) is 25.4 Å². The highest BCUT2D eigenvalue weighted by molar-refractivity contribution is 5.68. The van der Waals surface area contributed by atoms with Gasteiger partial charge in [0.25, 0.3) is 0 Å². The molecule has 0 bridgehead atoms. The lowest BCUT2D eigenvalue weighted by Gasteiger charge is -2.13. The number of aliphatic hydroxyl groups excluding tert-OH is 3. The minimum absolute atomic E-state index is 0.229. The number of unbranched alkanes of at least 4 members (excludes halogenated alkanes) is 2. The molecular formula is C23H34O5. The first kappa shape index (κ1) is 24.1. The van der Waals surface area contributed by atoms with Crippen molar-refractivity contribution < 1.29 is 24.9 Å². The monoisotopic (exact) mass is 390 g/mol. The number of allylic oxidation sites excluding steroid dienone is 2. The number of methoxy groups -OCH3 is 1. The third-order valence-corrected chi connectivity index (χ3v) is 4.61. The maximum Gasteiger partial charge on any atom is 0.305 e. The standard InChI is InChI=1S/C23H34O5/c1-3-4-5-10-20(24)19-16-14-18(15-17-19)9-6-7-11-21(25)22(26)12-8-13-23(27)28-2/h6-7,9,11,14-17,20-22,24-26H,3-5,8,10,12-13H2,1-2H3/b9-6-,11-7+. The van der Waals surface area contributed by atoms with Crippen LogP contribution in [0, 0.1) is 0 Å². The molecule has 0 aromatic heterocycles. The number of hydrogen-bond acceptors (Lipinski definition) is 5. The molecule has 156 valence electrons. The molecule has 3 unspecified atom stereocenters. The lowest BCUT2D eigenvalue weighted by atomic mass is 10.0. The summed E-state index contributed by atoms with van der Waals surface area (Å²) in [5.41, 5.74) is 1.91. The van der Waals surface area contributed by atoms with Crippen LogP contribution in [-0.2, 0) is 9.53 Å². The zero-order valence-electron chi connectivity index (χ0n) is 17.0. The number of carbonyl (C=O) groups is 1. The number of carbonyl (C=O) groups excluding carboxylic acids is 1. The van der Waals surface area contributed by atoms with Crippen LogP contribution in [0.1, 0.15) is 69.1 Å². The first-order valence-corrected chi connectivity index (χ1v) is 10.0. The predicted molar refractivity (Wildman–Crippen MR) is 112 cm³/mol. The molecule has 0 fully saturated rings. The Morgan fingerprint density at radius 3 is 2.39 bits per heavy atom. The maximum absolute atomic E-state index is 11.0. The molecule has 1 aromatic carbocycles. The minimum atomic E-state index is -0.983. The van der Waals surface area contributed by atoms with E-state index in [2.05, 4.69) is 11.7 Å². The highest BCUT2D eigenvalue weighted by atomic mass is 16.5. The molecule has 0 saturated heterocycles. The Balaban J connectivity index is 2.41. The summed E-state index contributed by atoms with van der Waals surface area (Å²) in [6, 6.07) is 7.75. The maximum atomic E-state index is 11.0. The quantitative estimate of drug-likeness (QED) is 0.270. The van der Waals surface area contributed by atoms with E-state index in [1.54, 1.807) is 12.2 Å². The van der Waals surface area contributed by atoms with Crippen molar-refractivity contribution in [3.05, 3.63) is 53.6 Å². The molecule has 0 aliphatic carbocycles. The molecule has 3 N–H and O–H groups in total. The number of esters is 1. The molecule has 0 spiro atoms. The fraction of sp³-hybridized carbons (Fsp3) is 0.522. The molecule has 5 heteroatoms. The van der Waals surface area contributed by atoms with E-state index in [0.717, 1.165) is 36.8 Å². The smallest absolute Gasteiger partial charge is 0.305 e. The van der Waals surface area contributed by atoms with Crippen LogP contribution in [0.25, 0.3) is 6.08 Å². The molecule has 0 radical (unpaired) electrons. The lowest BCUT2D eigenvalue weighted by molar-refractivity contribution is -0.140. The van der Waals surface area contributed by atoms with Crippen LogP contribution < -0.4 is 0 Å². The van der Waals surface area contributed by atoms with Crippen molar-refractivity contribution in [2.75, 3.05) is 7.11 Å². The molecule has 3 atom stereocenters. The normalized spacial score (nSPS) is 15.0. The average molecular weight is 391 g/mol. The Morgan fingerprint density at radius 1 is 1.04 bits per heavy atom. The molecule has 1 aromatic rings. The van der Waals surface area contributed by atoms with Crippen molar-refractivity contribution in [3.63, 3.8) is 0 Å². The van der Waals surface area contributed by atoms with E-state index >= 15 is 0 Å². The van der Waals surface area contributed by atoms with E-state index in [1.807, 2.05) is 30.3 Å². The molecule has 0 saturated carbocycles. The summed E-state index contributed by atoms with van der Waals surface area (Å²) in [7, 11) is 1.33. The number of aliphatic hydroxyl groups is 3. The number of ether oxygens (including phenoxy) is 1. The van der Waals surface area contributed by atoms with E-state index in [-0.39, 0.29) is 12.4 Å². The lowest BCUT2D eigenvalue weighted by Crippen LogP contribution is -2.23. The van der Waals surface area contributed by atoms with Crippen molar-refractivity contribution in [2.45, 2.75) is 70.2 Å². The summed E-state index contributed by atoms with van der Waals surface area (Å²) in [6.07, 6.45) is 9.67. The summed E-state index contributed by atoms with van der Waals surface area (Å²) in [6.45, 7) is 2.15. The highest BCUT2D eigenvalue weighted by Gasteiger charge is 2.13. The van der Waals surface area contributed by atoms with Crippen molar-refractivity contribution in [1.82, 2.24) is 0 Å². The summed E-state index contributed by atoms with van der Waals surface area (Å²) >= 11 is 0. The number of hydrogen-bond donors (Lipinski definition) is 3. The molecule has 0 heterocycles. The zero-order chi connectivity index (χ0) is 20.8. The molecule has 28 heavy (non-hydrogen) atoms. The largest absolute Gasteiger partial charge is 0.469 e. The third-order valence-electron chi connectivity index (χ3n) is 4.61. The third kappa shape index (κ3) is 9.83. The van der Waals surface area contributed by atoms with E-state index in [4.69, 9.17) is 0 Å². The Kier molecular flexibility index (Phi) is 12.1.